The Hall–Kier alpha value is -2.22. The molecule has 0 bridgehead atoms. The van der Waals surface area contributed by atoms with Crippen molar-refractivity contribution >= 4 is 17.6 Å². The van der Waals surface area contributed by atoms with Gasteiger partial charge in [-0.2, -0.15) is 14.6 Å². The number of aryl methyl sites for hydroxylation is 1. The minimum absolute atomic E-state index is 0.219. The maximum atomic E-state index is 11.6. The Kier molecular flexibility index (Phi) is 5.65. The van der Waals surface area contributed by atoms with Crippen molar-refractivity contribution in [2.45, 2.75) is 26.7 Å². The highest BCUT2D eigenvalue weighted by Gasteiger charge is 2.15. The number of anilines is 1. The van der Waals surface area contributed by atoms with Gasteiger partial charge < -0.3 is 14.8 Å². The molecule has 2 rings (SSSR count). The maximum absolute atomic E-state index is 11.6. The molecule has 0 spiro atoms. The number of hydrogen-bond acceptors (Lipinski definition) is 7. The van der Waals surface area contributed by atoms with Crippen molar-refractivity contribution in [3.8, 4) is 0 Å². The van der Waals surface area contributed by atoms with E-state index in [0.717, 1.165) is 17.1 Å². The summed E-state index contributed by atoms with van der Waals surface area (Å²) in [7, 11) is 1.65. The molecule has 0 aliphatic heterocycles. The van der Waals surface area contributed by atoms with Gasteiger partial charge in [0.25, 0.3) is 5.78 Å². The van der Waals surface area contributed by atoms with E-state index in [0.29, 0.717) is 38.4 Å². The van der Waals surface area contributed by atoms with E-state index in [-0.39, 0.29) is 5.97 Å². The van der Waals surface area contributed by atoms with Gasteiger partial charge in [0.1, 0.15) is 12.1 Å². The van der Waals surface area contributed by atoms with Gasteiger partial charge in [0, 0.05) is 31.3 Å². The van der Waals surface area contributed by atoms with E-state index in [1.807, 2.05) is 6.92 Å². The number of carbonyl (C=O) groups is 1. The fourth-order valence-electron chi connectivity index (χ4n) is 2.20. The fourth-order valence-corrected chi connectivity index (χ4v) is 2.20. The summed E-state index contributed by atoms with van der Waals surface area (Å²) in [6.07, 6.45) is 2.29. The van der Waals surface area contributed by atoms with Gasteiger partial charge in [0.2, 0.25) is 0 Å². The van der Waals surface area contributed by atoms with E-state index in [9.17, 15) is 4.79 Å². The zero-order chi connectivity index (χ0) is 15.9. The fraction of sp³-hybridized carbons (Fsp3) is 0.571. The third-order valence-corrected chi connectivity index (χ3v) is 3.21. The molecule has 0 amide bonds. The molecule has 0 atom stereocenters. The first kappa shape index (κ1) is 16.2. The van der Waals surface area contributed by atoms with Crippen molar-refractivity contribution in [2.75, 3.05) is 32.2 Å². The molecule has 2 aromatic heterocycles. The molecule has 2 heterocycles. The molecule has 8 nitrogen and oxygen atoms in total. The number of carbonyl (C=O) groups excluding carboxylic acids is 1. The van der Waals surface area contributed by atoms with E-state index in [1.165, 1.54) is 6.33 Å². The summed E-state index contributed by atoms with van der Waals surface area (Å²) in [6.45, 7) is 5.27. The summed E-state index contributed by atoms with van der Waals surface area (Å²) in [5.74, 6) is 1.10. The van der Waals surface area contributed by atoms with Crippen LogP contribution in [0.3, 0.4) is 0 Å². The molecule has 0 fully saturated rings. The first-order valence-corrected chi connectivity index (χ1v) is 7.25. The second kappa shape index (κ2) is 7.69. The molecule has 0 aromatic carbocycles. The number of esters is 1. The van der Waals surface area contributed by atoms with Gasteiger partial charge in [0.05, 0.1) is 13.2 Å². The van der Waals surface area contributed by atoms with Crippen LogP contribution in [-0.4, -0.2) is 52.4 Å². The quantitative estimate of drug-likeness (QED) is 0.574. The van der Waals surface area contributed by atoms with E-state index in [4.69, 9.17) is 9.47 Å². The van der Waals surface area contributed by atoms with Gasteiger partial charge >= 0.3 is 5.97 Å². The summed E-state index contributed by atoms with van der Waals surface area (Å²) in [5, 5.41) is 7.47. The zero-order valence-electron chi connectivity index (χ0n) is 13.1. The Labute approximate surface area is 128 Å². The third kappa shape index (κ3) is 3.70. The molecule has 2 aromatic rings. The number of nitrogens with one attached hydrogen (secondary N) is 1. The van der Waals surface area contributed by atoms with Gasteiger partial charge in [-0.1, -0.05) is 0 Å². The molecule has 120 valence electrons. The van der Waals surface area contributed by atoms with Crippen LogP contribution in [0.5, 0.6) is 0 Å². The zero-order valence-corrected chi connectivity index (χ0v) is 13.1. The largest absolute Gasteiger partial charge is 0.466 e. The minimum atomic E-state index is -0.219. The van der Waals surface area contributed by atoms with Crippen LogP contribution in [-0.2, 0) is 20.7 Å². The maximum Gasteiger partial charge on any atom is 0.306 e. The van der Waals surface area contributed by atoms with Crippen LogP contribution in [0.4, 0.5) is 5.82 Å². The first-order valence-electron chi connectivity index (χ1n) is 7.25. The number of ether oxygens (including phenoxy) is 2. The smallest absolute Gasteiger partial charge is 0.306 e. The van der Waals surface area contributed by atoms with E-state index >= 15 is 0 Å². The number of hydrogen-bond donors (Lipinski definition) is 1. The van der Waals surface area contributed by atoms with E-state index in [2.05, 4.69) is 20.4 Å². The molecule has 0 aliphatic rings. The number of rotatable bonds is 8. The Bertz CT molecular complexity index is 641. The molecule has 0 aliphatic carbocycles. The van der Waals surface area contributed by atoms with Crippen molar-refractivity contribution in [2.24, 2.45) is 0 Å². The minimum Gasteiger partial charge on any atom is -0.466 e. The molecular formula is C14H21N5O3. The van der Waals surface area contributed by atoms with Crippen molar-refractivity contribution < 1.29 is 14.3 Å². The van der Waals surface area contributed by atoms with Crippen LogP contribution in [0.1, 0.15) is 24.6 Å². The average Bonchev–Trinajstić information content (AvgIpc) is 2.94. The number of nitrogens with zero attached hydrogens (tertiary/aromatic N) is 4. The van der Waals surface area contributed by atoms with E-state index in [1.54, 1.807) is 18.5 Å². The SMILES string of the molecule is CCOC(=O)CCc1c(C)nc2ncnn2c1NCCOC. The van der Waals surface area contributed by atoms with Crippen molar-refractivity contribution in [1.29, 1.82) is 0 Å². The van der Waals surface area contributed by atoms with Crippen LogP contribution < -0.4 is 5.32 Å². The highest BCUT2D eigenvalue weighted by Crippen LogP contribution is 2.20. The van der Waals surface area contributed by atoms with Gasteiger partial charge in [0.15, 0.2) is 0 Å². The number of methoxy groups -OCH3 is 1. The monoisotopic (exact) mass is 307 g/mol. The Morgan fingerprint density at radius 1 is 1.45 bits per heavy atom. The summed E-state index contributed by atoms with van der Waals surface area (Å²) >= 11 is 0. The Balaban J connectivity index is 2.26. The van der Waals surface area contributed by atoms with Crippen LogP contribution in [0, 0.1) is 6.92 Å². The second-order valence-corrected chi connectivity index (χ2v) is 4.72. The second-order valence-electron chi connectivity index (χ2n) is 4.72. The highest BCUT2D eigenvalue weighted by molar-refractivity contribution is 5.70. The average molecular weight is 307 g/mol. The summed E-state index contributed by atoms with van der Waals surface area (Å²) in [4.78, 5) is 20.1. The van der Waals surface area contributed by atoms with Gasteiger partial charge in [-0.05, 0) is 20.3 Å². The van der Waals surface area contributed by atoms with Crippen molar-refractivity contribution in [3.05, 3.63) is 17.6 Å². The molecule has 0 saturated heterocycles. The number of fused-ring (bicyclic) bond motifs is 1. The normalized spacial score (nSPS) is 10.9. The lowest BCUT2D eigenvalue weighted by Gasteiger charge is -2.14. The summed E-state index contributed by atoms with van der Waals surface area (Å²) in [5.41, 5.74) is 1.76. The Morgan fingerprint density at radius 3 is 3.00 bits per heavy atom. The van der Waals surface area contributed by atoms with Crippen LogP contribution in [0.2, 0.25) is 0 Å². The molecule has 0 unspecified atom stereocenters. The predicted octanol–water partition coefficient (Wildman–Crippen LogP) is 0.987. The van der Waals surface area contributed by atoms with Crippen LogP contribution in [0.15, 0.2) is 6.33 Å². The molecule has 1 N–H and O–H groups in total. The van der Waals surface area contributed by atoms with Gasteiger partial charge in [-0.25, -0.2) is 4.98 Å². The molecule has 0 radical (unpaired) electrons. The van der Waals surface area contributed by atoms with Gasteiger partial charge in [-0.15, -0.1) is 0 Å². The van der Waals surface area contributed by atoms with Crippen molar-refractivity contribution in [1.82, 2.24) is 19.6 Å². The van der Waals surface area contributed by atoms with Crippen LogP contribution >= 0.6 is 0 Å². The first-order chi connectivity index (χ1) is 10.7. The Morgan fingerprint density at radius 2 is 2.27 bits per heavy atom. The predicted molar refractivity (Wildman–Crippen MR) is 80.8 cm³/mol. The van der Waals surface area contributed by atoms with Gasteiger partial charge in [-0.3, -0.25) is 4.79 Å². The lowest BCUT2D eigenvalue weighted by Crippen LogP contribution is -2.16. The molecule has 8 heteroatoms. The lowest BCUT2D eigenvalue weighted by molar-refractivity contribution is -0.143. The molecule has 22 heavy (non-hydrogen) atoms. The lowest BCUT2D eigenvalue weighted by atomic mass is 10.1. The molecule has 0 saturated carbocycles. The third-order valence-electron chi connectivity index (χ3n) is 3.21. The summed E-state index contributed by atoms with van der Waals surface area (Å²) in [6, 6.07) is 0. The van der Waals surface area contributed by atoms with Crippen molar-refractivity contribution in [3.63, 3.8) is 0 Å². The summed E-state index contributed by atoms with van der Waals surface area (Å²) < 4.78 is 11.7. The number of aromatic nitrogens is 4. The van der Waals surface area contributed by atoms with Crippen LogP contribution in [0.25, 0.3) is 5.78 Å². The highest BCUT2D eigenvalue weighted by atomic mass is 16.5. The standard InChI is InChI=1S/C14H21N5O3/c1-4-22-12(20)6-5-11-10(2)18-14-16-9-17-19(14)13(11)15-7-8-21-3/h9,15H,4-8H2,1-3H3. The molecular weight excluding hydrogens is 286 g/mol. The topological polar surface area (TPSA) is 90.6 Å². The van der Waals surface area contributed by atoms with E-state index < -0.39 is 0 Å².